The van der Waals surface area contributed by atoms with Crippen LogP contribution in [0, 0.1) is 0 Å². The zero-order valence-electron chi connectivity index (χ0n) is 43.1. The van der Waals surface area contributed by atoms with Crippen molar-refractivity contribution in [3.63, 3.8) is 0 Å². The van der Waals surface area contributed by atoms with Crippen LogP contribution in [0.15, 0.2) is 270 Å². The molecule has 0 unspecified atom stereocenters. The van der Waals surface area contributed by atoms with Gasteiger partial charge in [0.25, 0.3) is 0 Å². The summed E-state index contributed by atoms with van der Waals surface area (Å²) in [6.07, 6.45) is 0. The Morgan fingerprint density at radius 3 is 1.19 bits per heavy atom. The first kappa shape index (κ1) is 44.3. The molecule has 0 aliphatic heterocycles. The van der Waals surface area contributed by atoms with E-state index in [4.69, 9.17) is 8.83 Å². The highest BCUT2D eigenvalue weighted by molar-refractivity contribution is 6.27. The van der Waals surface area contributed by atoms with E-state index in [9.17, 15) is 0 Å². The van der Waals surface area contributed by atoms with Crippen LogP contribution in [0.5, 0.6) is 0 Å². The molecular formula is C75H49NO2. The fraction of sp³-hybridized carbons (Fsp3) is 0.0400. The van der Waals surface area contributed by atoms with Crippen LogP contribution < -0.4 is 4.90 Å². The molecular weight excluding hydrogens is 947 g/mol. The maximum absolute atomic E-state index is 6.47. The summed E-state index contributed by atoms with van der Waals surface area (Å²) in [6, 6.07) is 95.0. The van der Waals surface area contributed by atoms with Gasteiger partial charge in [0, 0.05) is 55.1 Å². The van der Waals surface area contributed by atoms with E-state index in [1.807, 2.05) is 24.3 Å². The lowest BCUT2D eigenvalue weighted by Gasteiger charge is -2.26. The Bertz CT molecular complexity index is 4750. The molecule has 0 saturated heterocycles. The number of nitrogens with zero attached hydrogens (tertiary/aromatic N) is 1. The van der Waals surface area contributed by atoms with E-state index >= 15 is 0 Å². The Balaban J connectivity index is 0.743. The summed E-state index contributed by atoms with van der Waals surface area (Å²) in [5.41, 5.74) is 21.3. The van der Waals surface area contributed by atoms with E-state index in [0.29, 0.717) is 0 Å². The molecule has 0 bridgehead atoms. The maximum atomic E-state index is 6.47. The van der Waals surface area contributed by atoms with Crippen LogP contribution in [-0.4, -0.2) is 0 Å². The molecule has 13 aromatic carbocycles. The maximum Gasteiger partial charge on any atom is 0.143 e. The lowest BCUT2D eigenvalue weighted by Crippen LogP contribution is -2.14. The Morgan fingerprint density at radius 2 is 0.641 bits per heavy atom. The van der Waals surface area contributed by atoms with Gasteiger partial charge in [0.15, 0.2) is 0 Å². The Labute approximate surface area is 451 Å². The quantitative estimate of drug-likeness (QED) is 0.149. The second-order valence-corrected chi connectivity index (χ2v) is 21.5. The van der Waals surface area contributed by atoms with Crippen molar-refractivity contribution >= 4 is 93.3 Å². The van der Waals surface area contributed by atoms with Crippen molar-refractivity contribution in [1.29, 1.82) is 0 Å². The average molecular weight is 996 g/mol. The third-order valence-corrected chi connectivity index (χ3v) is 16.9. The van der Waals surface area contributed by atoms with Crippen molar-refractivity contribution in [3.05, 3.63) is 272 Å². The predicted octanol–water partition coefficient (Wildman–Crippen LogP) is 21.4. The van der Waals surface area contributed by atoms with Crippen molar-refractivity contribution in [1.82, 2.24) is 0 Å². The molecule has 366 valence electrons. The summed E-state index contributed by atoms with van der Waals surface area (Å²) in [5, 5.41) is 12.3. The molecule has 0 radical (unpaired) electrons. The second-order valence-electron chi connectivity index (χ2n) is 21.5. The second kappa shape index (κ2) is 17.0. The number of rotatable bonds is 7. The van der Waals surface area contributed by atoms with Crippen molar-refractivity contribution in [2.45, 2.75) is 19.3 Å². The van der Waals surface area contributed by atoms with Crippen molar-refractivity contribution in [3.8, 4) is 55.6 Å². The number of para-hydroxylation sites is 4. The smallest absolute Gasteiger partial charge is 0.143 e. The number of furan rings is 2. The van der Waals surface area contributed by atoms with Crippen LogP contribution in [0.4, 0.5) is 17.1 Å². The van der Waals surface area contributed by atoms with Gasteiger partial charge in [-0.05, 0) is 155 Å². The Morgan fingerprint density at radius 1 is 0.256 bits per heavy atom. The number of anilines is 3. The topological polar surface area (TPSA) is 29.5 Å². The van der Waals surface area contributed by atoms with Gasteiger partial charge < -0.3 is 13.7 Å². The lowest BCUT2D eigenvalue weighted by molar-refractivity contribution is 0.661. The van der Waals surface area contributed by atoms with E-state index in [2.05, 4.69) is 255 Å². The Hall–Kier alpha value is -9.96. The molecule has 1 aliphatic carbocycles. The number of hydrogen-bond acceptors (Lipinski definition) is 3. The highest BCUT2D eigenvalue weighted by Crippen LogP contribution is 2.52. The normalized spacial score (nSPS) is 12.8. The van der Waals surface area contributed by atoms with E-state index in [-0.39, 0.29) is 5.41 Å². The fourth-order valence-electron chi connectivity index (χ4n) is 13.0. The molecule has 0 saturated carbocycles. The van der Waals surface area contributed by atoms with Crippen molar-refractivity contribution in [2.24, 2.45) is 0 Å². The highest BCUT2D eigenvalue weighted by atomic mass is 16.3. The van der Waals surface area contributed by atoms with Crippen molar-refractivity contribution < 1.29 is 8.83 Å². The van der Waals surface area contributed by atoms with Gasteiger partial charge in [0.1, 0.15) is 22.3 Å². The third-order valence-electron chi connectivity index (χ3n) is 16.9. The third kappa shape index (κ3) is 6.78. The minimum absolute atomic E-state index is 0.0685. The van der Waals surface area contributed by atoms with E-state index in [0.717, 1.165) is 88.8 Å². The molecule has 16 rings (SSSR count). The van der Waals surface area contributed by atoms with Crippen LogP contribution in [0.2, 0.25) is 0 Å². The van der Waals surface area contributed by atoms with E-state index in [1.165, 1.54) is 71.3 Å². The first-order chi connectivity index (χ1) is 38.4. The molecule has 15 aromatic rings. The van der Waals surface area contributed by atoms with Crippen LogP contribution in [0.3, 0.4) is 0 Å². The summed E-state index contributed by atoms with van der Waals surface area (Å²) in [5.74, 6) is 0. The van der Waals surface area contributed by atoms with Gasteiger partial charge in [-0.1, -0.05) is 208 Å². The molecule has 78 heavy (non-hydrogen) atoms. The molecule has 1 aliphatic rings. The molecule has 0 atom stereocenters. The van der Waals surface area contributed by atoms with Gasteiger partial charge >= 0.3 is 0 Å². The SMILES string of the molecule is CC1(C)c2ccccc2-c2cc3c4ccccc4c4cc(-c5ccc(-c6ccc(N(c7ccc(-c8cccc9c8oc8ccccc89)cc7)c7ccc(-c8cccc9c8oc8ccccc89)cc7)cc6)cc5)ccc4c3cc21. The van der Waals surface area contributed by atoms with E-state index < -0.39 is 0 Å². The zero-order valence-corrected chi connectivity index (χ0v) is 43.1. The summed E-state index contributed by atoms with van der Waals surface area (Å²) < 4.78 is 12.9. The molecule has 0 spiro atoms. The fourth-order valence-corrected chi connectivity index (χ4v) is 13.0. The highest BCUT2D eigenvalue weighted by Gasteiger charge is 2.36. The monoisotopic (exact) mass is 995 g/mol. The van der Waals surface area contributed by atoms with Gasteiger partial charge in [-0.15, -0.1) is 0 Å². The standard InChI is InChI=1S/C75H49NO2/c1-75(2)69-22-8-5-15-60(69)68-44-66-58-14-4-3-13-57(58)65-43-51(35-42-59(65)67(66)45-70(68)75)48-27-25-46(26-28-48)47-29-36-52(37-30-47)76(53-38-31-49(32-39-53)55-18-11-20-63-61-16-6-9-23-71(61)77-73(55)63)54-40-33-50(34-41-54)56-19-12-21-64-62-17-7-10-24-72(62)78-74(56)64/h3-45H,1-2H3. The minimum Gasteiger partial charge on any atom is -0.455 e. The molecule has 0 fully saturated rings. The van der Waals surface area contributed by atoms with Crippen LogP contribution in [0.25, 0.3) is 132 Å². The van der Waals surface area contributed by atoms with Gasteiger partial charge in [-0.2, -0.15) is 0 Å². The number of fused-ring (bicyclic) bond motifs is 15. The molecule has 0 N–H and O–H groups in total. The lowest BCUT2D eigenvalue weighted by atomic mass is 9.81. The summed E-state index contributed by atoms with van der Waals surface area (Å²) in [4.78, 5) is 2.34. The van der Waals surface area contributed by atoms with Crippen LogP contribution >= 0.6 is 0 Å². The van der Waals surface area contributed by atoms with E-state index in [1.54, 1.807) is 0 Å². The first-order valence-corrected chi connectivity index (χ1v) is 27.0. The average Bonchev–Trinajstić information content (AvgIpc) is 4.28. The zero-order chi connectivity index (χ0) is 51.6. The van der Waals surface area contributed by atoms with Gasteiger partial charge in [-0.25, -0.2) is 0 Å². The molecule has 3 heteroatoms. The molecule has 2 aromatic heterocycles. The first-order valence-electron chi connectivity index (χ1n) is 27.0. The predicted molar refractivity (Wildman–Crippen MR) is 328 cm³/mol. The Kier molecular flexibility index (Phi) is 9.68. The van der Waals surface area contributed by atoms with Gasteiger partial charge in [0.2, 0.25) is 0 Å². The molecule has 0 amide bonds. The molecule has 2 heterocycles. The minimum atomic E-state index is -0.0685. The van der Waals surface area contributed by atoms with Crippen LogP contribution in [-0.2, 0) is 5.41 Å². The summed E-state index contributed by atoms with van der Waals surface area (Å²) in [6.45, 7) is 4.74. The van der Waals surface area contributed by atoms with Crippen molar-refractivity contribution in [2.75, 3.05) is 4.90 Å². The van der Waals surface area contributed by atoms with Gasteiger partial charge in [0.05, 0.1) is 0 Å². The molecule has 3 nitrogen and oxygen atoms in total. The number of hydrogen-bond donors (Lipinski definition) is 0. The number of benzene rings is 13. The summed E-state index contributed by atoms with van der Waals surface area (Å²) in [7, 11) is 0. The van der Waals surface area contributed by atoms with Crippen LogP contribution in [0.1, 0.15) is 25.0 Å². The summed E-state index contributed by atoms with van der Waals surface area (Å²) >= 11 is 0. The van der Waals surface area contributed by atoms with Gasteiger partial charge in [-0.3, -0.25) is 0 Å². The largest absolute Gasteiger partial charge is 0.455 e.